The Bertz CT molecular complexity index is 1340. The summed E-state index contributed by atoms with van der Waals surface area (Å²) in [6, 6.07) is 24.8. The van der Waals surface area contributed by atoms with Crippen molar-refractivity contribution in [1.29, 1.82) is 0 Å². The minimum Gasteiger partial charge on any atom is -0.457 e. The Morgan fingerprint density at radius 2 is 1.75 bits per heavy atom. The number of fused-ring (bicyclic) bond motifs is 1. The zero-order valence-electron chi connectivity index (χ0n) is 20.7. The first-order valence-corrected chi connectivity index (χ1v) is 12.9. The van der Waals surface area contributed by atoms with Crippen LogP contribution in [0.3, 0.4) is 0 Å². The average molecular weight is 480 g/mol. The first-order chi connectivity index (χ1) is 17.6. The van der Waals surface area contributed by atoms with Crippen molar-refractivity contribution in [3.8, 4) is 5.75 Å². The number of aliphatic hydroxyl groups is 1. The number of hydrogen-bond donors (Lipinski definition) is 3. The molecule has 0 spiro atoms. The van der Waals surface area contributed by atoms with Crippen molar-refractivity contribution in [1.82, 2.24) is 0 Å². The van der Waals surface area contributed by atoms with Crippen LogP contribution in [0.25, 0.3) is 0 Å². The van der Waals surface area contributed by atoms with Crippen molar-refractivity contribution in [2.24, 2.45) is 5.73 Å². The number of ether oxygens (including phenoxy) is 1. The lowest BCUT2D eigenvalue weighted by atomic mass is 9.70. The van der Waals surface area contributed by atoms with Crippen LogP contribution in [0, 0.1) is 0 Å². The van der Waals surface area contributed by atoms with E-state index in [1.165, 1.54) is 24.1 Å². The van der Waals surface area contributed by atoms with Gasteiger partial charge in [0.25, 0.3) is 0 Å². The fourth-order valence-corrected chi connectivity index (χ4v) is 5.93. The van der Waals surface area contributed by atoms with Crippen molar-refractivity contribution in [3.63, 3.8) is 0 Å². The number of para-hydroxylation sites is 1. The number of nitrogens with one attached hydrogen (secondary N) is 1. The third kappa shape index (κ3) is 3.80. The number of aliphatic hydroxyl groups excluding tert-OH is 1. The fraction of sp³-hybridized carbons (Fsp3) is 0.290. The molecule has 3 aromatic rings. The minimum absolute atomic E-state index is 0.0691. The maximum Gasteiger partial charge on any atom is 0.135 e. The lowest BCUT2D eigenvalue weighted by molar-refractivity contribution is 0.278. The second kappa shape index (κ2) is 9.16. The van der Waals surface area contributed by atoms with Crippen molar-refractivity contribution in [2.75, 3.05) is 23.3 Å². The summed E-state index contributed by atoms with van der Waals surface area (Å²) in [4.78, 5) is 2.41. The summed E-state index contributed by atoms with van der Waals surface area (Å²) in [6.45, 7) is 4.21. The second-order valence-corrected chi connectivity index (χ2v) is 10.1. The average Bonchev–Trinajstić information content (AvgIpc) is 3.45. The van der Waals surface area contributed by atoms with Gasteiger partial charge in [-0.05, 0) is 67.2 Å². The summed E-state index contributed by atoms with van der Waals surface area (Å²) in [5, 5.41) is 13.9. The van der Waals surface area contributed by atoms with Gasteiger partial charge < -0.3 is 25.8 Å². The van der Waals surface area contributed by atoms with E-state index in [0.717, 1.165) is 52.5 Å². The monoisotopic (exact) mass is 479 g/mol. The van der Waals surface area contributed by atoms with E-state index in [2.05, 4.69) is 53.5 Å². The highest BCUT2D eigenvalue weighted by Gasteiger charge is 2.45. The van der Waals surface area contributed by atoms with Crippen molar-refractivity contribution in [3.05, 3.63) is 112 Å². The highest BCUT2D eigenvalue weighted by Crippen LogP contribution is 2.50. The van der Waals surface area contributed by atoms with E-state index >= 15 is 0 Å². The van der Waals surface area contributed by atoms with E-state index in [-0.39, 0.29) is 12.6 Å². The predicted octanol–water partition coefficient (Wildman–Crippen LogP) is 5.46. The largest absolute Gasteiger partial charge is 0.457 e. The van der Waals surface area contributed by atoms with Gasteiger partial charge in [-0.2, -0.15) is 0 Å². The molecule has 2 atom stereocenters. The molecule has 4 N–H and O–H groups in total. The van der Waals surface area contributed by atoms with E-state index in [1.54, 1.807) is 0 Å². The van der Waals surface area contributed by atoms with Crippen LogP contribution in [-0.2, 0) is 12.1 Å². The number of benzene rings is 3. The SMILES string of the molecule is CC1=CC2=C(CC1Nc1ccccc1)C(N)(c1ccccc1CO)c1ccc(N3CCCC3)cc1O2. The number of nitrogens with zero attached hydrogens (tertiary/aromatic N) is 1. The summed E-state index contributed by atoms with van der Waals surface area (Å²) >= 11 is 0. The van der Waals surface area contributed by atoms with Gasteiger partial charge in [0.15, 0.2) is 0 Å². The lowest BCUT2D eigenvalue weighted by Gasteiger charge is -2.43. The van der Waals surface area contributed by atoms with Crippen molar-refractivity contribution in [2.45, 2.75) is 44.4 Å². The zero-order valence-corrected chi connectivity index (χ0v) is 20.7. The molecule has 6 rings (SSSR count). The molecule has 1 fully saturated rings. The molecule has 1 aliphatic carbocycles. The van der Waals surface area contributed by atoms with Gasteiger partial charge in [0.05, 0.1) is 18.2 Å². The van der Waals surface area contributed by atoms with Crippen LogP contribution in [0.4, 0.5) is 11.4 Å². The van der Waals surface area contributed by atoms with Crippen LogP contribution in [-0.4, -0.2) is 24.2 Å². The molecule has 3 aromatic carbocycles. The molecule has 1 saturated heterocycles. The third-order valence-electron chi connectivity index (χ3n) is 7.90. The normalized spacial score (nSPS) is 23.0. The Morgan fingerprint density at radius 1 is 1.00 bits per heavy atom. The molecule has 5 heteroatoms. The number of nitrogens with two attached hydrogens (primary N) is 1. The molecular formula is C31H33N3O2. The highest BCUT2D eigenvalue weighted by atomic mass is 16.5. The maximum atomic E-state index is 10.3. The Kier molecular flexibility index (Phi) is 5.82. The van der Waals surface area contributed by atoms with Gasteiger partial charge in [0.1, 0.15) is 11.5 Å². The van der Waals surface area contributed by atoms with Crippen LogP contribution < -0.4 is 20.7 Å². The summed E-state index contributed by atoms with van der Waals surface area (Å²) in [7, 11) is 0. The molecule has 2 aliphatic heterocycles. The Balaban J connectivity index is 1.48. The minimum atomic E-state index is -0.917. The number of anilines is 2. The van der Waals surface area contributed by atoms with Gasteiger partial charge >= 0.3 is 0 Å². The van der Waals surface area contributed by atoms with E-state index in [1.807, 2.05) is 42.5 Å². The first-order valence-electron chi connectivity index (χ1n) is 12.9. The molecule has 0 saturated carbocycles. The van der Waals surface area contributed by atoms with Crippen LogP contribution in [0.1, 0.15) is 42.9 Å². The van der Waals surface area contributed by atoms with Gasteiger partial charge in [-0.15, -0.1) is 0 Å². The maximum absolute atomic E-state index is 10.3. The Labute approximate surface area is 212 Å². The van der Waals surface area contributed by atoms with Gasteiger partial charge in [0.2, 0.25) is 0 Å². The molecule has 0 aromatic heterocycles. The zero-order chi connectivity index (χ0) is 24.7. The summed E-state index contributed by atoms with van der Waals surface area (Å²) in [5.41, 5.74) is 13.8. The van der Waals surface area contributed by atoms with E-state index in [4.69, 9.17) is 10.5 Å². The molecule has 0 amide bonds. The molecule has 184 valence electrons. The molecule has 2 heterocycles. The predicted molar refractivity (Wildman–Crippen MR) is 145 cm³/mol. The molecule has 0 bridgehead atoms. The molecule has 36 heavy (non-hydrogen) atoms. The smallest absolute Gasteiger partial charge is 0.135 e. The molecule has 2 unspecified atom stereocenters. The van der Waals surface area contributed by atoms with Gasteiger partial charge in [0, 0.05) is 41.7 Å². The molecule has 5 nitrogen and oxygen atoms in total. The number of hydrogen-bond acceptors (Lipinski definition) is 5. The molecule has 0 radical (unpaired) electrons. The number of allylic oxidation sites excluding steroid dienone is 1. The Morgan fingerprint density at radius 3 is 2.53 bits per heavy atom. The summed E-state index contributed by atoms with van der Waals surface area (Å²) in [6.07, 6.45) is 5.27. The van der Waals surface area contributed by atoms with E-state index < -0.39 is 5.54 Å². The van der Waals surface area contributed by atoms with E-state index in [9.17, 15) is 5.11 Å². The van der Waals surface area contributed by atoms with Crippen LogP contribution in [0.15, 0.2) is 95.8 Å². The molecule has 3 aliphatic rings. The van der Waals surface area contributed by atoms with E-state index in [0.29, 0.717) is 6.42 Å². The fourth-order valence-electron chi connectivity index (χ4n) is 5.93. The second-order valence-electron chi connectivity index (χ2n) is 10.1. The Hall–Kier alpha value is -3.54. The van der Waals surface area contributed by atoms with Crippen molar-refractivity contribution >= 4 is 11.4 Å². The van der Waals surface area contributed by atoms with Crippen LogP contribution in [0.5, 0.6) is 5.75 Å². The number of rotatable bonds is 5. The van der Waals surface area contributed by atoms with Gasteiger partial charge in [-0.3, -0.25) is 0 Å². The lowest BCUT2D eigenvalue weighted by Crippen LogP contribution is -2.47. The third-order valence-corrected chi connectivity index (χ3v) is 7.90. The summed E-state index contributed by atoms with van der Waals surface area (Å²) < 4.78 is 6.60. The van der Waals surface area contributed by atoms with Gasteiger partial charge in [-0.25, -0.2) is 0 Å². The standard InChI is InChI=1S/C31H33N3O2/c1-21-17-29-27(19-28(21)33-23-10-3-2-4-11-23)31(32,25-12-6-5-9-22(25)20-35)26-14-13-24(18-30(26)36-29)34-15-7-8-16-34/h2-6,9-14,17-18,28,33,35H,7-8,15-16,19-20,32H2,1H3. The summed E-state index contributed by atoms with van der Waals surface area (Å²) in [5.74, 6) is 1.62. The topological polar surface area (TPSA) is 70.8 Å². The molecular weight excluding hydrogens is 446 g/mol. The van der Waals surface area contributed by atoms with Gasteiger partial charge in [-0.1, -0.05) is 48.5 Å². The quantitative estimate of drug-likeness (QED) is 0.453. The first kappa shape index (κ1) is 22.9. The van der Waals surface area contributed by atoms with Crippen molar-refractivity contribution < 1.29 is 9.84 Å². The highest BCUT2D eigenvalue weighted by molar-refractivity contribution is 5.66. The van der Waals surface area contributed by atoms with Crippen LogP contribution >= 0.6 is 0 Å². The van der Waals surface area contributed by atoms with Crippen LogP contribution in [0.2, 0.25) is 0 Å².